The predicted octanol–water partition coefficient (Wildman–Crippen LogP) is 2.65. The molecule has 1 saturated heterocycles. The monoisotopic (exact) mass is 253 g/mol. The maximum atomic E-state index is 6.37. The summed E-state index contributed by atoms with van der Waals surface area (Å²) in [6.07, 6.45) is 5.66. The van der Waals surface area contributed by atoms with E-state index in [9.17, 15) is 0 Å². The van der Waals surface area contributed by atoms with Crippen LogP contribution in [0, 0.1) is 5.92 Å². The summed E-state index contributed by atoms with van der Waals surface area (Å²) in [5.41, 5.74) is 8.29. The van der Waals surface area contributed by atoms with Gasteiger partial charge in [-0.3, -0.25) is 9.88 Å². The summed E-state index contributed by atoms with van der Waals surface area (Å²) in [5, 5.41) is 0. The Balaban J connectivity index is 2.19. The van der Waals surface area contributed by atoms with Crippen molar-refractivity contribution in [1.29, 1.82) is 0 Å². The van der Waals surface area contributed by atoms with E-state index < -0.39 is 0 Å². The van der Waals surface area contributed by atoms with Gasteiger partial charge in [-0.1, -0.05) is 20.3 Å². The first-order chi connectivity index (χ1) is 8.18. The van der Waals surface area contributed by atoms with Gasteiger partial charge in [-0.2, -0.15) is 0 Å². The fourth-order valence-electron chi connectivity index (χ4n) is 2.70. The second-order valence-electron chi connectivity index (χ2n) is 5.40. The lowest BCUT2D eigenvalue weighted by atomic mass is 10.0. The molecule has 2 N–H and O–H groups in total. The normalized spacial score (nSPS) is 27.3. The first kappa shape index (κ1) is 13.0. The van der Waals surface area contributed by atoms with Crippen LogP contribution in [0.2, 0.25) is 0 Å². The molecule has 1 aromatic heterocycles. The van der Waals surface area contributed by atoms with Crippen LogP contribution in [0.15, 0.2) is 11.7 Å². The van der Waals surface area contributed by atoms with Crippen molar-refractivity contribution >= 4 is 11.3 Å². The minimum atomic E-state index is 0.261. The van der Waals surface area contributed by atoms with Gasteiger partial charge in [0, 0.05) is 23.7 Å². The maximum absolute atomic E-state index is 6.37. The van der Waals surface area contributed by atoms with Crippen molar-refractivity contribution in [2.75, 3.05) is 13.1 Å². The van der Waals surface area contributed by atoms with E-state index in [1.54, 1.807) is 11.3 Å². The number of thiazole rings is 1. The minimum Gasteiger partial charge on any atom is -0.326 e. The van der Waals surface area contributed by atoms with Gasteiger partial charge in [-0.05, 0) is 25.3 Å². The van der Waals surface area contributed by atoms with Crippen molar-refractivity contribution in [3.63, 3.8) is 0 Å². The molecule has 4 heteroatoms. The average molecular weight is 253 g/mol. The third-order valence-electron chi connectivity index (χ3n) is 3.37. The van der Waals surface area contributed by atoms with E-state index in [0.29, 0.717) is 12.0 Å². The van der Waals surface area contributed by atoms with Crippen LogP contribution < -0.4 is 5.73 Å². The molecule has 96 valence electrons. The zero-order valence-corrected chi connectivity index (χ0v) is 11.6. The van der Waals surface area contributed by atoms with E-state index in [0.717, 1.165) is 13.0 Å². The Kier molecular flexibility index (Phi) is 4.54. The Labute approximate surface area is 108 Å². The average Bonchev–Trinajstić information content (AvgIpc) is 2.71. The van der Waals surface area contributed by atoms with Gasteiger partial charge in [0.1, 0.15) is 0 Å². The quantitative estimate of drug-likeness (QED) is 0.900. The molecule has 0 spiro atoms. The van der Waals surface area contributed by atoms with Crippen molar-refractivity contribution in [2.24, 2.45) is 11.7 Å². The zero-order chi connectivity index (χ0) is 12.3. The second kappa shape index (κ2) is 5.94. The lowest BCUT2D eigenvalue weighted by molar-refractivity contribution is 0.168. The van der Waals surface area contributed by atoms with Gasteiger partial charge in [0.2, 0.25) is 0 Å². The van der Waals surface area contributed by atoms with Gasteiger partial charge in [0.05, 0.1) is 11.6 Å². The van der Waals surface area contributed by atoms with Crippen LogP contribution in [-0.2, 0) is 0 Å². The Hall–Kier alpha value is -0.450. The van der Waals surface area contributed by atoms with Gasteiger partial charge < -0.3 is 5.73 Å². The minimum absolute atomic E-state index is 0.261. The number of hydrogen-bond donors (Lipinski definition) is 1. The molecule has 1 fully saturated rings. The highest BCUT2D eigenvalue weighted by atomic mass is 32.1. The van der Waals surface area contributed by atoms with E-state index in [-0.39, 0.29) is 6.04 Å². The highest BCUT2D eigenvalue weighted by molar-refractivity contribution is 7.09. The highest BCUT2D eigenvalue weighted by Gasteiger charge is 2.29. The highest BCUT2D eigenvalue weighted by Crippen LogP contribution is 2.31. The van der Waals surface area contributed by atoms with Gasteiger partial charge in [0.25, 0.3) is 0 Å². The summed E-state index contributed by atoms with van der Waals surface area (Å²) < 4.78 is 0. The van der Waals surface area contributed by atoms with E-state index >= 15 is 0 Å². The molecule has 0 aliphatic carbocycles. The Morgan fingerprint density at radius 3 is 3.00 bits per heavy atom. The lowest BCUT2D eigenvalue weighted by Crippen LogP contribution is -2.41. The van der Waals surface area contributed by atoms with Crippen LogP contribution >= 0.6 is 11.3 Å². The third-order valence-corrected chi connectivity index (χ3v) is 4.22. The molecule has 0 radical (unpaired) electrons. The Bertz CT molecular complexity index is 323. The molecule has 0 aromatic carbocycles. The van der Waals surface area contributed by atoms with Crippen LogP contribution in [0.5, 0.6) is 0 Å². The molecule has 1 aliphatic heterocycles. The Morgan fingerprint density at radius 2 is 2.35 bits per heavy atom. The van der Waals surface area contributed by atoms with Gasteiger partial charge >= 0.3 is 0 Å². The molecule has 0 amide bonds. The lowest BCUT2D eigenvalue weighted by Gasteiger charge is -2.33. The van der Waals surface area contributed by atoms with Crippen LogP contribution in [-0.4, -0.2) is 29.0 Å². The molecule has 17 heavy (non-hydrogen) atoms. The fourth-order valence-corrected chi connectivity index (χ4v) is 3.53. The van der Waals surface area contributed by atoms with Crippen molar-refractivity contribution in [3.8, 4) is 0 Å². The molecule has 2 heterocycles. The van der Waals surface area contributed by atoms with E-state index in [4.69, 9.17) is 5.73 Å². The van der Waals surface area contributed by atoms with Crippen LogP contribution in [0.4, 0.5) is 0 Å². The van der Waals surface area contributed by atoms with Crippen LogP contribution in [0.3, 0.4) is 0 Å². The molecule has 2 atom stereocenters. The van der Waals surface area contributed by atoms with Crippen LogP contribution in [0.1, 0.15) is 44.0 Å². The largest absolute Gasteiger partial charge is 0.326 e. The SMILES string of the molecule is CC(C)CN1CCCCC(N)C1c1cncs1. The molecule has 1 aromatic rings. The molecular weight excluding hydrogens is 230 g/mol. The van der Waals surface area contributed by atoms with Crippen molar-refractivity contribution in [3.05, 3.63) is 16.6 Å². The summed E-state index contributed by atoms with van der Waals surface area (Å²) in [4.78, 5) is 8.11. The zero-order valence-electron chi connectivity index (χ0n) is 10.8. The summed E-state index contributed by atoms with van der Waals surface area (Å²) in [5.74, 6) is 0.690. The van der Waals surface area contributed by atoms with E-state index in [2.05, 4.69) is 23.7 Å². The standard InChI is InChI=1S/C13H23N3S/c1-10(2)8-16-6-4-3-5-11(14)13(16)12-7-15-9-17-12/h7,9-11,13H,3-6,8,14H2,1-2H3. The van der Waals surface area contributed by atoms with Gasteiger partial charge in [-0.15, -0.1) is 11.3 Å². The second-order valence-corrected chi connectivity index (χ2v) is 6.31. The molecular formula is C13H23N3S. The number of nitrogens with zero attached hydrogens (tertiary/aromatic N) is 2. The number of hydrogen-bond acceptors (Lipinski definition) is 4. The topological polar surface area (TPSA) is 42.1 Å². The summed E-state index contributed by atoms with van der Waals surface area (Å²) in [7, 11) is 0. The number of likely N-dealkylation sites (tertiary alicyclic amines) is 1. The molecule has 0 bridgehead atoms. The van der Waals surface area contributed by atoms with Crippen molar-refractivity contribution < 1.29 is 0 Å². The molecule has 1 aliphatic rings. The van der Waals surface area contributed by atoms with E-state index in [1.165, 1.54) is 24.3 Å². The first-order valence-corrected chi connectivity index (χ1v) is 7.44. The molecule has 2 rings (SSSR count). The van der Waals surface area contributed by atoms with E-state index in [1.807, 2.05) is 11.7 Å². The van der Waals surface area contributed by atoms with Gasteiger partial charge in [0.15, 0.2) is 0 Å². The first-order valence-electron chi connectivity index (χ1n) is 6.56. The van der Waals surface area contributed by atoms with Crippen LogP contribution in [0.25, 0.3) is 0 Å². The fraction of sp³-hybridized carbons (Fsp3) is 0.769. The van der Waals surface area contributed by atoms with Crippen molar-refractivity contribution in [2.45, 2.75) is 45.2 Å². The maximum Gasteiger partial charge on any atom is 0.0794 e. The summed E-state index contributed by atoms with van der Waals surface area (Å²) in [6.45, 7) is 6.87. The molecule has 2 unspecified atom stereocenters. The van der Waals surface area contributed by atoms with Crippen molar-refractivity contribution in [1.82, 2.24) is 9.88 Å². The number of aromatic nitrogens is 1. The summed E-state index contributed by atoms with van der Waals surface area (Å²) in [6, 6.07) is 0.643. The van der Waals surface area contributed by atoms with Gasteiger partial charge in [-0.25, -0.2) is 0 Å². The predicted molar refractivity (Wildman–Crippen MR) is 73.1 cm³/mol. The Morgan fingerprint density at radius 1 is 1.53 bits per heavy atom. The molecule has 3 nitrogen and oxygen atoms in total. The smallest absolute Gasteiger partial charge is 0.0794 e. The number of rotatable bonds is 3. The third kappa shape index (κ3) is 3.27. The summed E-state index contributed by atoms with van der Waals surface area (Å²) >= 11 is 1.74. The number of nitrogens with two attached hydrogens (primary N) is 1. The molecule has 0 saturated carbocycles.